The lowest BCUT2D eigenvalue weighted by molar-refractivity contribution is -0.137. The maximum atomic E-state index is 12.8. The number of halogens is 5. The standard InChI is InChI=1S/C12H9Cl2F3N4O2S2/c1-25(23)8-9(18)21(20-10(8)24-11(19)22)7-5(13)2-4(3-6(7)14)12(15,16)17/h2-3H,18H2,1H3,(H2,19,22). The Bertz CT molecular complexity index is 863. The van der Waals surface area contributed by atoms with Gasteiger partial charge < -0.3 is 11.5 Å². The van der Waals surface area contributed by atoms with Gasteiger partial charge in [0.1, 0.15) is 21.4 Å². The normalized spacial score (nSPS) is 13.0. The van der Waals surface area contributed by atoms with Crippen LogP contribution in [-0.4, -0.2) is 25.5 Å². The number of alkyl halides is 3. The highest BCUT2D eigenvalue weighted by molar-refractivity contribution is 8.13. The molecule has 25 heavy (non-hydrogen) atoms. The zero-order valence-electron chi connectivity index (χ0n) is 12.2. The van der Waals surface area contributed by atoms with Gasteiger partial charge >= 0.3 is 6.18 Å². The minimum absolute atomic E-state index is 0.00386. The molecule has 6 nitrogen and oxygen atoms in total. The fourth-order valence-corrected chi connectivity index (χ4v) is 4.23. The number of rotatable bonds is 3. The van der Waals surface area contributed by atoms with E-state index in [0.717, 1.165) is 4.68 Å². The number of anilines is 1. The third kappa shape index (κ3) is 4.05. The molecule has 2 rings (SSSR count). The summed E-state index contributed by atoms with van der Waals surface area (Å²) in [6.45, 7) is 0. The number of primary amides is 1. The van der Waals surface area contributed by atoms with Gasteiger partial charge in [0.2, 0.25) is 0 Å². The molecule has 1 heterocycles. The molecule has 4 N–H and O–H groups in total. The van der Waals surface area contributed by atoms with Gasteiger partial charge in [-0.15, -0.1) is 0 Å². The predicted molar refractivity (Wildman–Crippen MR) is 90.8 cm³/mol. The van der Waals surface area contributed by atoms with Crippen LogP contribution in [0.5, 0.6) is 0 Å². The van der Waals surface area contributed by atoms with Crippen molar-refractivity contribution in [3.8, 4) is 5.69 Å². The van der Waals surface area contributed by atoms with Gasteiger partial charge in [-0.2, -0.15) is 18.3 Å². The largest absolute Gasteiger partial charge is 0.416 e. The zero-order valence-corrected chi connectivity index (χ0v) is 15.4. The maximum Gasteiger partial charge on any atom is 0.416 e. The third-order valence-electron chi connectivity index (χ3n) is 2.89. The lowest BCUT2D eigenvalue weighted by atomic mass is 10.2. The first-order valence-electron chi connectivity index (χ1n) is 6.19. The fourth-order valence-electron chi connectivity index (χ4n) is 1.93. The highest BCUT2D eigenvalue weighted by Crippen LogP contribution is 2.40. The third-order valence-corrected chi connectivity index (χ3v) is 5.25. The molecule has 1 atom stereocenters. The van der Waals surface area contributed by atoms with E-state index in [-0.39, 0.29) is 31.5 Å². The SMILES string of the molecule is CS(=O)c1c(SC(N)=O)nn(-c2c(Cl)cc(C(F)(F)F)cc2Cl)c1N. The molecule has 0 fully saturated rings. The molecule has 0 aliphatic rings. The summed E-state index contributed by atoms with van der Waals surface area (Å²) in [5, 5.41) is 2.32. The topological polar surface area (TPSA) is 104 Å². The molecule has 1 aromatic heterocycles. The van der Waals surface area contributed by atoms with Crippen LogP contribution in [0.15, 0.2) is 22.1 Å². The Morgan fingerprint density at radius 1 is 1.32 bits per heavy atom. The number of thioether (sulfide) groups is 1. The number of carbonyl (C=O) groups excluding carboxylic acids is 1. The summed E-state index contributed by atoms with van der Waals surface area (Å²) in [5.74, 6) is -0.187. The first kappa shape index (κ1) is 19.9. The molecule has 0 aliphatic heterocycles. The molecule has 0 aliphatic carbocycles. The van der Waals surface area contributed by atoms with Gasteiger partial charge in [-0.25, -0.2) is 4.68 Å². The van der Waals surface area contributed by atoms with Crippen molar-refractivity contribution in [3.05, 3.63) is 27.7 Å². The lowest BCUT2D eigenvalue weighted by Gasteiger charge is -2.13. The summed E-state index contributed by atoms with van der Waals surface area (Å²) in [6.07, 6.45) is -3.36. The first-order valence-corrected chi connectivity index (χ1v) is 9.32. The molecule has 1 amide bonds. The van der Waals surface area contributed by atoms with E-state index in [9.17, 15) is 22.2 Å². The van der Waals surface area contributed by atoms with Crippen LogP contribution in [0.3, 0.4) is 0 Å². The Balaban J connectivity index is 2.71. The quantitative estimate of drug-likeness (QED) is 0.719. The van der Waals surface area contributed by atoms with E-state index in [1.165, 1.54) is 6.26 Å². The van der Waals surface area contributed by atoms with Crippen LogP contribution in [0, 0.1) is 0 Å². The molecule has 136 valence electrons. The van der Waals surface area contributed by atoms with Crippen molar-refractivity contribution in [1.29, 1.82) is 0 Å². The number of hydrogen-bond acceptors (Lipinski definition) is 5. The Labute approximate surface area is 156 Å². The monoisotopic (exact) mass is 432 g/mol. The van der Waals surface area contributed by atoms with Gasteiger partial charge in [-0.1, -0.05) is 23.2 Å². The van der Waals surface area contributed by atoms with E-state index >= 15 is 0 Å². The molecule has 2 aromatic rings. The number of amides is 1. The van der Waals surface area contributed by atoms with Crippen molar-refractivity contribution in [2.75, 3.05) is 12.0 Å². The molecule has 0 bridgehead atoms. The van der Waals surface area contributed by atoms with Crippen molar-refractivity contribution >= 4 is 56.8 Å². The van der Waals surface area contributed by atoms with E-state index in [1.54, 1.807) is 0 Å². The summed E-state index contributed by atoms with van der Waals surface area (Å²) in [7, 11) is -1.66. The van der Waals surface area contributed by atoms with Crippen molar-refractivity contribution in [3.63, 3.8) is 0 Å². The highest BCUT2D eigenvalue weighted by Gasteiger charge is 2.33. The van der Waals surface area contributed by atoms with Crippen LogP contribution >= 0.6 is 35.0 Å². The number of benzene rings is 1. The number of carbonyl (C=O) groups is 1. The molecule has 0 radical (unpaired) electrons. The first-order chi connectivity index (χ1) is 11.4. The smallest absolute Gasteiger partial charge is 0.383 e. The van der Waals surface area contributed by atoms with Crippen LogP contribution in [0.25, 0.3) is 5.69 Å². The summed E-state index contributed by atoms with van der Waals surface area (Å²) >= 11 is 12.3. The van der Waals surface area contributed by atoms with Crippen LogP contribution in [-0.2, 0) is 17.0 Å². The Kier molecular flexibility index (Phi) is 5.62. The predicted octanol–water partition coefficient (Wildman–Crippen LogP) is 3.69. The van der Waals surface area contributed by atoms with Crippen LogP contribution in [0.1, 0.15) is 5.56 Å². The Morgan fingerprint density at radius 2 is 1.84 bits per heavy atom. The number of hydrogen-bond donors (Lipinski definition) is 2. The second-order valence-corrected chi connectivity index (χ2v) is 7.72. The maximum absolute atomic E-state index is 12.8. The minimum atomic E-state index is -4.65. The van der Waals surface area contributed by atoms with Crippen molar-refractivity contribution in [1.82, 2.24) is 9.78 Å². The van der Waals surface area contributed by atoms with E-state index in [0.29, 0.717) is 23.9 Å². The fraction of sp³-hybridized carbons (Fsp3) is 0.167. The molecule has 0 saturated heterocycles. The van der Waals surface area contributed by atoms with Crippen molar-refractivity contribution in [2.45, 2.75) is 16.1 Å². The second-order valence-electron chi connectivity index (χ2n) is 4.59. The molecular weight excluding hydrogens is 424 g/mol. The number of aromatic nitrogens is 2. The highest BCUT2D eigenvalue weighted by atomic mass is 35.5. The molecular formula is C12H9Cl2F3N4O2S2. The van der Waals surface area contributed by atoms with Crippen molar-refractivity contribution in [2.24, 2.45) is 5.73 Å². The number of nitrogen functional groups attached to an aromatic ring is 1. The van der Waals surface area contributed by atoms with E-state index in [1.807, 2.05) is 0 Å². The summed E-state index contributed by atoms with van der Waals surface area (Å²) in [6, 6.07) is 1.32. The molecule has 0 spiro atoms. The van der Waals surface area contributed by atoms with Crippen LogP contribution < -0.4 is 11.5 Å². The van der Waals surface area contributed by atoms with Crippen molar-refractivity contribution < 1.29 is 22.2 Å². The number of nitrogens with zero attached hydrogens (tertiary/aromatic N) is 2. The molecule has 1 aromatic carbocycles. The minimum Gasteiger partial charge on any atom is -0.383 e. The molecule has 13 heteroatoms. The van der Waals surface area contributed by atoms with Gasteiger partial charge in [-0.05, 0) is 23.9 Å². The summed E-state index contributed by atoms with van der Waals surface area (Å²) in [4.78, 5) is 11.1. The van der Waals surface area contributed by atoms with E-state index in [2.05, 4.69) is 5.10 Å². The van der Waals surface area contributed by atoms with Gasteiger partial charge in [0.15, 0.2) is 0 Å². The summed E-state index contributed by atoms with van der Waals surface area (Å²) in [5.41, 5.74) is 9.76. The van der Waals surface area contributed by atoms with Gasteiger partial charge in [0.25, 0.3) is 5.24 Å². The van der Waals surface area contributed by atoms with Gasteiger partial charge in [-0.3, -0.25) is 9.00 Å². The molecule has 1 unspecified atom stereocenters. The van der Waals surface area contributed by atoms with Crippen LogP contribution in [0.4, 0.5) is 23.8 Å². The Hall–Kier alpha value is -1.43. The summed E-state index contributed by atoms with van der Waals surface area (Å²) < 4.78 is 51.2. The second kappa shape index (κ2) is 7.06. The number of nitrogens with two attached hydrogens (primary N) is 2. The van der Waals surface area contributed by atoms with Gasteiger partial charge in [0.05, 0.1) is 26.4 Å². The van der Waals surface area contributed by atoms with E-state index in [4.69, 9.17) is 34.7 Å². The molecule has 0 saturated carbocycles. The Morgan fingerprint density at radius 3 is 2.24 bits per heavy atom. The van der Waals surface area contributed by atoms with Crippen LogP contribution in [0.2, 0.25) is 10.0 Å². The average Bonchev–Trinajstić information content (AvgIpc) is 2.72. The zero-order chi connectivity index (χ0) is 19.1. The van der Waals surface area contributed by atoms with Gasteiger partial charge in [0, 0.05) is 6.26 Å². The van der Waals surface area contributed by atoms with E-state index < -0.39 is 27.8 Å². The average molecular weight is 433 g/mol. The lowest BCUT2D eigenvalue weighted by Crippen LogP contribution is -2.09.